The predicted octanol–water partition coefficient (Wildman–Crippen LogP) is 2.62. The maximum atomic E-state index is 5.40. The molecule has 0 aliphatic rings. The number of methoxy groups -OCH3 is 1. The van der Waals surface area contributed by atoms with E-state index in [-0.39, 0.29) is 0 Å². The smallest absolute Gasteiger partial charge is 0.0630 e. The van der Waals surface area contributed by atoms with Gasteiger partial charge in [0.1, 0.15) is 0 Å². The number of nitrogens with one attached hydrogen (secondary N) is 1. The van der Waals surface area contributed by atoms with Gasteiger partial charge in [-0.25, -0.2) is 0 Å². The van der Waals surface area contributed by atoms with Crippen LogP contribution in [0, 0.1) is 11.8 Å². The first-order chi connectivity index (χ1) is 8.51. The number of ether oxygens (including phenoxy) is 1. The van der Waals surface area contributed by atoms with Crippen molar-refractivity contribution in [3.8, 4) is 0 Å². The summed E-state index contributed by atoms with van der Waals surface area (Å²) < 4.78 is 5.40. The van der Waals surface area contributed by atoms with Gasteiger partial charge in [-0.15, -0.1) is 0 Å². The monoisotopic (exact) mass is 258 g/mol. The highest BCUT2D eigenvalue weighted by Gasteiger charge is 2.19. The number of rotatable bonds is 11. The lowest BCUT2D eigenvalue weighted by Gasteiger charge is -2.34. The van der Waals surface area contributed by atoms with E-state index in [2.05, 4.69) is 44.8 Å². The first kappa shape index (κ1) is 17.9. The molecule has 0 fully saturated rings. The molecule has 0 radical (unpaired) electrons. The van der Waals surface area contributed by atoms with Crippen LogP contribution in [0.4, 0.5) is 0 Å². The van der Waals surface area contributed by atoms with Crippen molar-refractivity contribution in [3.05, 3.63) is 0 Å². The SMILES string of the molecule is CCCNCC(COC)N(CC(C)C)CC(C)C. The van der Waals surface area contributed by atoms with Gasteiger partial charge < -0.3 is 10.1 Å². The van der Waals surface area contributed by atoms with Gasteiger partial charge in [0, 0.05) is 32.8 Å². The Morgan fingerprint density at radius 3 is 2.00 bits per heavy atom. The van der Waals surface area contributed by atoms with Gasteiger partial charge in [-0.05, 0) is 24.8 Å². The summed E-state index contributed by atoms with van der Waals surface area (Å²) >= 11 is 0. The summed E-state index contributed by atoms with van der Waals surface area (Å²) in [5, 5.41) is 3.53. The van der Waals surface area contributed by atoms with Gasteiger partial charge in [0.05, 0.1) is 6.61 Å². The van der Waals surface area contributed by atoms with Crippen LogP contribution in [0.3, 0.4) is 0 Å². The van der Waals surface area contributed by atoms with Gasteiger partial charge in [0.2, 0.25) is 0 Å². The largest absolute Gasteiger partial charge is 0.383 e. The molecule has 1 unspecified atom stereocenters. The van der Waals surface area contributed by atoms with Crippen molar-refractivity contribution in [2.75, 3.05) is 39.9 Å². The van der Waals surface area contributed by atoms with E-state index in [1.807, 2.05) is 0 Å². The van der Waals surface area contributed by atoms with E-state index >= 15 is 0 Å². The molecule has 3 nitrogen and oxygen atoms in total. The van der Waals surface area contributed by atoms with E-state index in [1.165, 1.54) is 6.42 Å². The molecule has 1 atom stereocenters. The zero-order valence-electron chi connectivity index (χ0n) is 13.3. The molecular formula is C15H34N2O. The Labute approximate surface area is 114 Å². The van der Waals surface area contributed by atoms with E-state index < -0.39 is 0 Å². The van der Waals surface area contributed by atoms with Crippen LogP contribution in [0.5, 0.6) is 0 Å². The fourth-order valence-electron chi connectivity index (χ4n) is 2.24. The van der Waals surface area contributed by atoms with Crippen molar-refractivity contribution in [3.63, 3.8) is 0 Å². The first-order valence-electron chi connectivity index (χ1n) is 7.44. The summed E-state index contributed by atoms with van der Waals surface area (Å²) in [5.41, 5.74) is 0. The second-order valence-corrected chi connectivity index (χ2v) is 6.05. The average molecular weight is 258 g/mol. The lowest BCUT2D eigenvalue weighted by Crippen LogP contribution is -2.48. The van der Waals surface area contributed by atoms with Crippen molar-refractivity contribution in [2.24, 2.45) is 11.8 Å². The average Bonchev–Trinajstić information content (AvgIpc) is 2.26. The van der Waals surface area contributed by atoms with Crippen LogP contribution in [0.2, 0.25) is 0 Å². The van der Waals surface area contributed by atoms with Crippen molar-refractivity contribution in [1.29, 1.82) is 0 Å². The molecule has 0 spiro atoms. The van der Waals surface area contributed by atoms with E-state index in [4.69, 9.17) is 4.74 Å². The fourth-order valence-corrected chi connectivity index (χ4v) is 2.24. The Bertz CT molecular complexity index is 173. The maximum absolute atomic E-state index is 5.40. The minimum absolute atomic E-state index is 0.492. The molecule has 0 heterocycles. The molecule has 0 saturated carbocycles. The molecule has 110 valence electrons. The Hall–Kier alpha value is -0.120. The second-order valence-electron chi connectivity index (χ2n) is 6.05. The van der Waals surface area contributed by atoms with Crippen molar-refractivity contribution in [1.82, 2.24) is 10.2 Å². The van der Waals surface area contributed by atoms with Gasteiger partial charge in [-0.3, -0.25) is 4.90 Å². The number of hydrogen-bond acceptors (Lipinski definition) is 3. The quantitative estimate of drug-likeness (QED) is 0.577. The zero-order chi connectivity index (χ0) is 14.0. The number of nitrogens with zero attached hydrogens (tertiary/aromatic N) is 1. The Morgan fingerprint density at radius 1 is 1.06 bits per heavy atom. The lowest BCUT2D eigenvalue weighted by atomic mass is 10.1. The maximum Gasteiger partial charge on any atom is 0.0630 e. The van der Waals surface area contributed by atoms with Crippen molar-refractivity contribution < 1.29 is 4.74 Å². The summed E-state index contributed by atoms with van der Waals surface area (Å²) in [4.78, 5) is 2.58. The van der Waals surface area contributed by atoms with Gasteiger partial charge in [0.25, 0.3) is 0 Å². The minimum Gasteiger partial charge on any atom is -0.383 e. The third-order valence-electron chi connectivity index (χ3n) is 2.88. The fraction of sp³-hybridized carbons (Fsp3) is 1.00. The van der Waals surface area contributed by atoms with Crippen molar-refractivity contribution >= 4 is 0 Å². The number of hydrogen-bond donors (Lipinski definition) is 1. The van der Waals surface area contributed by atoms with Gasteiger partial charge in [-0.2, -0.15) is 0 Å². The summed E-state index contributed by atoms with van der Waals surface area (Å²) in [7, 11) is 1.80. The van der Waals surface area contributed by atoms with E-state index in [0.29, 0.717) is 17.9 Å². The van der Waals surface area contributed by atoms with Crippen LogP contribution in [-0.2, 0) is 4.74 Å². The van der Waals surface area contributed by atoms with Crippen LogP contribution in [0.15, 0.2) is 0 Å². The Morgan fingerprint density at radius 2 is 1.61 bits per heavy atom. The zero-order valence-corrected chi connectivity index (χ0v) is 13.3. The molecule has 0 aliphatic heterocycles. The topological polar surface area (TPSA) is 24.5 Å². The molecule has 0 rings (SSSR count). The first-order valence-corrected chi connectivity index (χ1v) is 7.44. The molecule has 0 aromatic rings. The van der Waals surface area contributed by atoms with Crippen LogP contribution in [0.25, 0.3) is 0 Å². The van der Waals surface area contributed by atoms with Crippen LogP contribution in [-0.4, -0.2) is 50.8 Å². The predicted molar refractivity (Wildman–Crippen MR) is 80.1 cm³/mol. The minimum atomic E-state index is 0.492. The Kier molecular flexibility index (Phi) is 10.7. The van der Waals surface area contributed by atoms with Crippen LogP contribution < -0.4 is 5.32 Å². The summed E-state index contributed by atoms with van der Waals surface area (Å²) in [6.45, 7) is 16.6. The normalized spacial score (nSPS) is 13.8. The molecule has 0 aliphatic carbocycles. The Balaban J connectivity index is 4.40. The van der Waals surface area contributed by atoms with Crippen molar-refractivity contribution in [2.45, 2.75) is 47.1 Å². The summed E-state index contributed by atoms with van der Waals surface area (Å²) in [6, 6.07) is 0.492. The van der Waals surface area contributed by atoms with Gasteiger partial charge in [-0.1, -0.05) is 34.6 Å². The summed E-state index contributed by atoms with van der Waals surface area (Å²) in [5.74, 6) is 1.41. The standard InChI is InChI=1S/C15H34N2O/c1-7-8-16-9-15(12-18-6)17(10-13(2)3)11-14(4)5/h13-16H,7-12H2,1-6H3. The third kappa shape index (κ3) is 8.90. The third-order valence-corrected chi connectivity index (χ3v) is 2.88. The molecule has 1 N–H and O–H groups in total. The summed E-state index contributed by atoms with van der Waals surface area (Å²) in [6.07, 6.45) is 1.19. The highest BCUT2D eigenvalue weighted by Crippen LogP contribution is 2.09. The highest BCUT2D eigenvalue weighted by molar-refractivity contribution is 4.76. The van der Waals surface area contributed by atoms with E-state index in [1.54, 1.807) is 7.11 Å². The van der Waals surface area contributed by atoms with Gasteiger partial charge >= 0.3 is 0 Å². The van der Waals surface area contributed by atoms with E-state index in [9.17, 15) is 0 Å². The van der Waals surface area contributed by atoms with Crippen LogP contribution >= 0.6 is 0 Å². The lowest BCUT2D eigenvalue weighted by molar-refractivity contribution is 0.0736. The molecule has 18 heavy (non-hydrogen) atoms. The molecular weight excluding hydrogens is 224 g/mol. The molecule has 0 saturated heterocycles. The van der Waals surface area contributed by atoms with Gasteiger partial charge in [0.15, 0.2) is 0 Å². The van der Waals surface area contributed by atoms with E-state index in [0.717, 1.165) is 32.8 Å². The molecule has 0 aromatic carbocycles. The highest BCUT2D eigenvalue weighted by atomic mass is 16.5. The second kappa shape index (κ2) is 10.8. The molecule has 0 bridgehead atoms. The molecule has 3 heteroatoms. The molecule has 0 aromatic heterocycles. The molecule has 0 amide bonds. The van der Waals surface area contributed by atoms with Crippen LogP contribution in [0.1, 0.15) is 41.0 Å².